The zero-order valence-electron chi connectivity index (χ0n) is 12.0. The van der Waals surface area contributed by atoms with Gasteiger partial charge < -0.3 is 5.32 Å². The van der Waals surface area contributed by atoms with E-state index in [0.717, 1.165) is 18.5 Å². The number of likely N-dealkylation sites (tertiary alicyclic amines) is 1. The van der Waals surface area contributed by atoms with Crippen LogP contribution in [0.2, 0.25) is 0 Å². The van der Waals surface area contributed by atoms with Gasteiger partial charge in [0.1, 0.15) is 0 Å². The van der Waals surface area contributed by atoms with Gasteiger partial charge in [0.05, 0.1) is 0 Å². The molecule has 0 amide bonds. The summed E-state index contributed by atoms with van der Waals surface area (Å²) in [6.07, 6.45) is 2.76. The van der Waals surface area contributed by atoms with Crippen molar-refractivity contribution in [1.82, 2.24) is 10.2 Å². The van der Waals surface area contributed by atoms with E-state index in [0.29, 0.717) is 6.04 Å². The van der Waals surface area contributed by atoms with E-state index in [2.05, 4.69) is 51.8 Å². The molecule has 1 N–H and O–H groups in total. The first kappa shape index (κ1) is 14.0. The Morgan fingerprint density at radius 1 is 1.25 bits per heavy atom. The highest BCUT2D eigenvalue weighted by Crippen LogP contribution is 2.23. The highest BCUT2D eigenvalue weighted by Gasteiger charge is 2.27. The van der Waals surface area contributed by atoms with Gasteiger partial charge in [-0.05, 0) is 53.4 Å². The summed E-state index contributed by atoms with van der Waals surface area (Å²) in [6, 6.07) is 1.41. The molecular weight excluding hydrogens is 196 g/mol. The van der Waals surface area contributed by atoms with Crippen LogP contribution in [0.1, 0.15) is 54.4 Å². The van der Waals surface area contributed by atoms with Crippen LogP contribution in [-0.2, 0) is 0 Å². The number of hydrogen-bond donors (Lipinski definition) is 1. The fraction of sp³-hybridized carbons (Fsp3) is 1.00. The standard InChI is InChI=1S/C14H30N2/c1-11-7-8-12(2)16(10-11)13(3)9-15-14(4,5)6/h11-13,15H,7-10H2,1-6H3. The quantitative estimate of drug-likeness (QED) is 0.796. The van der Waals surface area contributed by atoms with Gasteiger partial charge in [0.25, 0.3) is 0 Å². The number of nitrogens with one attached hydrogen (secondary N) is 1. The minimum absolute atomic E-state index is 0.235. The molecule has 0 aromatic heterocycles. The van der Waals surface area contributed by atoms with Gasteiger partial charge in [-0.3, -0.25) is 4.90 Å². The molecular formula is C14H30N2. The van der Waals surface area contributed by atoms with Gasteiger partial charge in [-0.2, -0.15) is 0 Å². The molecule has 1 aliphatic heterocycles. The number of piperidine rings is 1. The Hall–Kier alpha value is -0.0800. The van der Waals surface area contributed by atoms with Gasteiger partial charge in [-0.1, -0.05) is 6.92 Å². The van der Waals surface area contributed by atoms with E-state index in [1.807, 2.05) is 0 Å². The normalized spacial score (nSPS) is 30.4. The van der Waals surface area contributed by atoms with Crippen molar-refractivity contribution in [3.63, 3.8) is 0 Å². The van der Waals surface area contributed by atoms with Gasteiger partial charge in [0, 0.05) is 30.7 Å². The molecule has 1 heterocycles. The third-order valence-corrected chi connectivity index (χ3v) is 3.66. The lowest BCUT2D eigenvalue weighted by Crippen LogP contribution is -2.52. The molecule has 0 aromatic rings. The second-order valence-corrected chi connectivity index (χ2v) is 6.71. The van der Waals surface area contributed by atoms with Crippen molar-refractivity contribution < 1.29 is 0 Å². The summed E-state index contributed by atoms with van der Waals surface area (Å²) < 4.78 is 0. The third-order valence-electron chi connectivity index (χ3n) is 3.66. The van der Waals surface area contributed by atoms with Crippen molar-refractivity contribution in [3.05, 3.63) is 0 Å². The van der Waals surface area contributed by atoms with E-state index < -0.39 is 0 Å². The maximum absolute atomic E-state index is 3.61. The molecule has 0 spiro atoms. The van der Waals surface area contributed by atoms with E-state index in [1.165, 1.54) is 19.4 Å². The summed E-state index contributed by atoms with van der Waals surface area (Å²) in [5.41, 5.74) is 0.235. The van der Waals surface area contributed by atoms with E-state index in [-0.39, 0.29) is 5.54 Å². The van der Waals surface area contributed by atoms with E-state index in [4.69, 9.17) is 0 Å². The van der Waals surface area contributed by atoms with Crippen molar-refractivity contribution in [3.8, 4) is 0 Å². The van der Waals surface area contributed by atoms with Crippen LogP contribution < -0.4 is 5.32 Å². The third kappa shape index (κ3) is 4.42. The zero-order chi connectivity index (χ0) is 12.3. The average Bonchev–Trinajstić information content (AvgIpc) is 2.17. The van der Waals surface area contributed by atoms with E-state index in [9.17, 15) is 0 Å². The Labute approximate surface area is 102 Å². The molecule has 0 saturated carbocycles. The summed E-state index contributed by atoms with van der Waals surface area (Å²) in [6.45, 7) is 16.2. The minimum atomic E-state index is 0.235. The molecule has 0 radical (unpaired) electrons. The zero-order valence-corrected chi connectivity index (χ0v) is 12.0. The van der Waals surface area contributed by atoms with Gasteiger partial charge >= 0.3 is 0 Å². The van der Waals surface area contributed by atoms with Crippen LogP contribution in [0.5, 0.6) is 0 Å². The SMILES string of the molecule is CC1CCC(C)N(C(C)CNC(C)(C)C)C1. The predicted octanol–water partition coefficient (Wildman–Crippen LogP) is 2.88. The molecule has 0 bridgehead atoms. The van der Waals surface area contributed by atoms with Crippen LogP contribution in [0.25, 0.3) is 0 Å². The molecule has 1 saturated heterocycles. The van der Waals surface area contributed by atoms with E-state index in [1.54, 1.807) is 0 Å². The molecule has 16 heavy (non-hydrogen) atoms. The molecule has 2 heteroatoms. The van der Waals surface area contributed by atoms with Crippen molar-refractivity contribution in [2.45, 2.75) is 72.0 Å². The Kier molecular flexibility index (Phi) is 4.81. The monoisotopic (exact) mass is 226 g/mol. The molecule has 3 atom stereocenters. The lowest BCUT2D eigenvalue weighted by atomic mass is 9.93. The second kappa shape index (κ2) is 5.50. The molecule has 96 valence electrons. The topological polar surface area (TPSA) is 15.3 Å². The van der Waals surface area contributed by atoms with Gasteiger partial charge in [-0.25, -0.2) is 0 Å². The maximum Gasteiger partial charge on any atom is 0.0195 e. The molecule has 3 unspecified atom stereocenters. The summed E-state index contributed by atoms with van der Waals surface area (Å²) >= 11 is 0. The predicted molar refractivity (Wildman–Crippen MR) is 71.8 cm³/mol. The summed E-state index contributed by atoms with van der Waals surface area (Å²) in [7, 11) is 0. The highest BCUT2D eigenvalue weighted by molar-refractivity contribution is 4.83. The second-order valence-electron chi connectivity index (χ2n) is 6.71. The summed E-state index contributed by atoms with van der Waals surface area (Å²) in [5, 5.41) is 3.61. The first-order chi connectivity index (χ1) is 7.29. The molecule has 0 aliphatic carbocycles. The Balaban J connectivity index is 2.42. The van der Waals surface area contributed by atoms with Crippen LogP contribution in [0.4, 0.5) is 0 Å². The number of rotatable bonds is 3. The lowest BCUT2D eigenvalue weighted by molar-refractivity contribution is 0.0810. The van der Waals surface area contributed by atoms with E-state index >= 15 is 0 Å². The molecule has 1 aliphatic rings. The lowest BCUT2D eigenvalue weighted by Gasteiger charge is -2.41. The highest BCUT2D eigenvalue weighted by atomic mass is 15.2. The first-order valence-electron chi connectivity index (χ1n) is 6.80. The fourth-order valence-corrected chi connectivity index (χ4v) is 2.51. The van der Waals surface area contributed by atoms with Gasteiger partial charge in [-0.15, -0.1) is 0 Å². The average molecular weight is 226 g/mol. The largest absolute Gasteiger partial charge is 0.311 e. The van der Waals surface area contributed by atoms with Crippen LogP contribution in [0, 0.1) is 5.92 Å². The maximum atomic E-state index is 3.61. The van der Waals surface area contributed by atoms with Crippen molar-refractivity contribution in [2.75, 3.05) is 13.1 Å². The molecule has 0 aromatic carbocycles. The minimum Gasteiger partial charge on any atom is -0.311 e. The Bertz CT molecular complexity index is 207. The first-order valence-corrected chi connectivity index (χ1v) is 6.80. The fourth-order valence-electron chi connectivity index (χ4n) is 2.51. The van der Waals surface area contributed by atoms with Crippen LogP contribution in [-0.4, -0.2) is 35.6 Å². The molecule has 2 nitrogen and oxygen atoms in total. The number of hydrogen-bond acceptors (Lipinski definition) is 2. The number of nitrogens with zero attached hydrogens (tertiary/aromatic N) is 1. The van der Waals surface area contributed by atoms with Crippen molar-refractivity contribution in [2.24, 2.45) is 5.92 Å². The van der Waals surface area contributed by atoms with Crippen molar-refractivity contribution >= 4 is 0 Å². The summed E-state index contributed by atoms with van der Waals surface area (Å²) in [4.78, 5) is 2.67. The van der Waals surface area contributed by atoms with Gasteiger partial charge in [0.2, 0.25) is 0 Å². The smallest absolute Gasteiger partial charge is 0.0195 e. The van der Waals surface area contributed by atoms with Crippen LogP contribution >= 0.6 is 0 Å². The van der Waals surface area contributed by atoms with Gasteiger partial charge in [0.15, 0.2) is 0 Å². The van der Waals surface area contributed by atoms with Crippen LogP contribution in [0.15, 0.2) is 0 Å². The Morgan fingerprint density at radius 2 is 1.88 bits per heavy atom. The summed E-state index contributed by atoms with van der Waals surface area (Å²) in [5.74, 6) is 0.869. The Morgan fingerprint density at radius 3 is 2.44 bits per heavy atom. The molecule has 1 rings (SSSR count). The molecule has 1 fully saturated rings. The van der Waals surface area contributed by atoms with Crippen LogP contribution in [0.3, 0.4) is 0 Å². The van der Waals surface area contributed by atoms with Crippen molar-refractivity contribution in [1.29, 1.82) is 0 Å².